The third-order valence-electron chi connectivity index (χ3n) is 3.62. The Morgan fingerprint density at radius 2 is 1.82 bits per heavy atom. The van der Waals surface area contributed by atoms with Gasteiger partial charge in [0, 0.05) is 6.42 Å². The van der Waals surface area contributed by atoms with E-state index < -0.39 is 0 Å². The van der Waals surface area contributed by atoms with Crippen molar-refractivity contribution in [1.29, 1.82) is 0 Å². The molecule has 0 fully saturated rings. The van der Waals surface area contributed by atoms with Crippen LogP contribution in [0.25, 0.3) is 0 Å². The fourth-order valence-corrected chi connectivity index (χ4v) is 2.42. The molecular formula is C18H19N3O. The molecule has 0 bridgehead atoms. The summed E-state index contributed by atoms with van der Waals surface area (Å²) in [6.07, 6.45) is 1.60. The molecule has 0 aliphatic heterocycles. The van der Waals surface area contributed by atoms with Gasteiger partial charge in [0.05, 0.1) is 0 Å². The van der Waals surface area contributed by atoms with Crippen molar-refractivity contribution in [2.45, 2.75) is 25.8 Å². The molecule has 0 saturated heterocycles. The van der Waals surface area contributed by atoms with E-state index in [0.29, 0.717) is 11.8 Å². The van der Waals surface area contributed by atoms with Crippen LogP contribution in [0, 0.1) is 6.92 Å². The molecule has 0 radical (unpaired) electrons. The molecule has 0 aliphatic carbocycles. The SMILES string of the molecule is Cc1cccc(CCc2nnc(C(N)c3ccccc3)o2)c1. The van der Waals surface area contributed by atoms with Gasteiger partial charge in [-0.15, -0.1) is 10.2 Å². The van der Waals surface area contributed by atoms with Gasteiger partial charge in [-0.2, -0.15) is 0 Å². The second-order valence-electron chi connectivity index (χ2n) is 5.41. The van der Waals surface area contributed by atoms with Crippen LogP contribution in [0.4, 0.5) is 0 Å². The van der Waals surface area contributed by atoms with Crippen LogP contribution in [0.3, 0.4) is 0 Å². The van der Waals surface area contributed by atoms with Gasteiger partial charge >= 0.3 is 0 Å². The van der Waals surface area contributed by atoms with E-state index >= 15 is 0 Å². The third-order valence-corrected chi connectivity index (χ3v) is 3.62. The highest BCUT2D eigenvalue weighted by atomic mass is 16.4. The van der Waals surface area contributed by atoms with E-state index in [9.17, 15) is 0 Å². The van der Waals surface area contributed by atoms with E-state index in [1.807, 2.05) is 30.3 Å². The summed E-state index contributed by atoms with van der Waals surface area (Å²) in [6.45, 7) is 2.09. The summed E-state index contributed by atoms with van der Waals surface area (Å²) in [5.74, 6) is 1.09. The molecule has 1 unspecified atom stereocenters. The summed E-state index contributed by atoms with van der Waals surface area (Å²) in [5.41, 5.74) is 9.66. The average molecular weight is 293 g/mol. The third kappa shape index (κ3) is 3.40. The van der Waals surface area contributed by atoms with Crippen molar-refractivity contribution in [1.82, 2.24) is 10.2 Å². The van der Waals surface area contributed by atoms with E-state index in [-0.39, 0.29) is 6.04 Å². The Balaban J connectivity index is 1.66. The number of nitrogens with zero attached hydrogens (tertiary/aromatic N) is 2. The lowest BCUT2D eigenvalue weighted by atomic mass is 10.1. The fourth-order valence-electron chi connectivity index (χ4n) is 2.42. The number of hydrogen-bond acceptors (Lipinski definition) is 4. The van der Waals surface area contributed by atoms with Crippen molar-refractivity contribution in [3.05, 3.63) is 83.1 Å². The fraction of sp³-hybridized carbons (Fsp3) is 0.222. The van der Waals surface area contributed by atoms with Crippen LogP contribution in [-0.2, 0) is 12.8 Å². The molecular weight excluding hydrogens is 274 g/mol. The number of nitrogens with two attached hydrogens (primary N) is 1. The van der Waals surface area contributed by atoms with E-state index in [1.54, 1.807) is 0 Å². The van der Waals surface area contributed by atoms with Gasteiger partial charge < -0.3 is 10.2 Å². The zero-order valence-corrected chi connectivity index (χ0v) is 12.6. The quantitative estimate of drug-likeness (QED) is 0.784. The Morgan fingerprint density at radius 3 is 2.59 bits per heavy atom. The summed E-state index contributed by atoms with van der Waals surface area (Å²) < 4.78 is 5.70. The summed E-state index contributed by atoms with van der Waals surface area (Å²) >= 11 is 0. The molecule has 3 aromatic rings. The normalized spacial score (nSPS) is 12.3. The lowest BCUT2D eigenvalue weighted by molar-refractivity contribution is 0.434. The second kappa shape index (κ2) is 6.54. The summed E-state index contributed by atoms with van der Waals surface area (Å²) in [4.78, 5) is 0. The van der Waals surface area contributed by atoms with E-state index in [0.717, 1.165) is 18.4 Å². The van der Waals surface area contributed by atoms with Crippen molar-refractivity contribution in [2.75, 3.05) is 0 Å². The predicted octanol–water partition coefficient (Wildman–Crippen LogP) is 3.21. The average Bonchev–Trinajstić information content (AvgIpc) is 3.02. The van der Waals surface area contributed by atoms with Crippen LogP contribution in [0.1, 0.15) is 34.5 Å². The van der Waals surface area contributed by atoms with Crippen molar-refractivity contribution in [3.8, 4) is 0 Å². The first kappa shape index (κ1) is 14.5. The van der Waals surface area contributed by atoms with E-state index in [4.69, 9.17) is 10.2 Å². The summed E-state index contributed by atoms with van der Waals surface area (Å²) in [7, 11) is 0. The highest BCUT2D eigenvalue weighted by Gasteiger charge is 2.16. The topological polar surface area (TPSA) is 64.9 Å². The van der Waals surface area contributed by atoms with Gasteiger partial charge in [0.25, 0.3) is 0 Å². The Morgan fingerprint density at radius 1 is 1.00 bits per heavy atom. The van der Waals surface area contributed by atoms with Gasteiger partial charge in [-0.25, -0.2) is 0 Å². The standard InChI is InChI=1S/C18H19N3O/c1-13-6-5-7-14(12-13)10-11-16-20-21-18(22-16)17(19)15-8-3-2-4-9-15/h2-9,12,17H,10-11,19H2,1H3. The molecule has 4 nitrogen and oxygen atoms in total. The largest absolute Gasteiger partial charge is 0.423 e. The molecule has 3 rings (SSSR count). The predicted molar refractivity (Wildman–Crippen MR) is 85.4 cm³/mol. The molecule has 4 heteroatoms. The molecule has 1 atom stereocenters. The Kier molecular flexibility index (Phi) is 4.30. The molecule has 1 heterocycles. The van der Waals surface area contributed by atoms with Gasteiger partial charge in [-0.05, 0) is 24.5 Å². The first-order valence-electron chi connectivity index (χ1n) is 7.41. The molecule has 0 saturated carbocycles. The van der Waals surface area contributed by atoms with Crippen LogP contribution in [0.5, 0.6) is 0 Å². The van der Waals surface area contributed by atoms with Gasteiger partial charge in [0.2, 0.25) is 11.8 Å². The first-order chi connectivity index (χ1) is 10.7. The number of aromatic nitrogens is 2. The van der Waals surface area contributed by atoms with E-state index in [1.165, 1.54) is 11.1 Å². The molecule has 0 amide bonds. The van der Waals surface area contributed by atoms with Crippen molar-refractivity contribution in [2.24, 2.45) is 5.73 Å². The lowest BCUT2D eigenvalue weighted by Gasteiger charge is -2.06. The van der Waals surface area contributed by atoms with Crippen LogP contribution < -0.4 is 5.73 Å². The number of rotatable bonds is 5. The molecule has 22 heavy (non-hydrogen) atoms. The summed E-state index contributed by atoms with van der Waals surface area (Å²) in [5, 5.41) is 8.18. The molecule has 2 aromatic carbocycles. The van der Waals surface area contributed by atoms with E-state index in [2.05, 4.69) is 41.4 Å². The second-order valence-corrected chi connectivity index (χ2v) is 5.41. The van der Waals surface area contributed by atoms with Gasteiger partial charge in [-0.3, -0.25) is 0 Å². The molecule has 2 N–H and O–H groups in total. The Hall–Kier alpha value is -2.46. The molecule has 0 spiro atoms. The zero-order chi connectivity index (χ0) is 15.4. The highest BCUT2D eigenvalue weighted by molar-refractivity contribution is 5.24. The maximum atomic E-state index is 6.16. The zero-order valence-electron chi connectivity index (χ0n) is 12.6. The van der Waals surface area contributed by atoms with Crippen LogP contribution in [0.15, 0.2) is 59.0 Å². The lowest BCUT2D eigenvalue weighted by Crippen LogP contribution is -2.11. The van der Waals surface area contributed by atoms with Crippen molar-refractivity contribution >= 4 is 0 Å². The van der Waals surface area contributed by atoms with Gasteiger partial charge in [-0.1, -0.05) is 60.2 Å². The smallest absolute Gasteiger partial charge is 0.237 e. The number of hydrogen-bond donors (Lipinski definition) is 1. The minimum atomic E-state index is -0.374. The Bertz CT molecular complexity index is 737. The summed E-state index contributed by atoms with van der Waals surface area (Å²) in [6, 6.07) is 17.8. The monoisotopic (exact) mass is 293 g/mol. The number of benzene rings is 2. The minimum Gasteiger partial charge on any atom is -0.423 e. The molecule has 1 aromatic heterocycles. The molecule has 112 valence electrons. The van der Waals surface area contributed by atoms with Crippen LogP contribution in [-0.4, -0.2) is 10.2 Å². The highest BCUT2D eigenvalue weighted by Crippen LogP contribution is 2.18. The van der Waals surface area contributed by atoms with Gasteiger partial charge in [0.15, 0.2) is 0 Å². The van der Waals surface area contributed by atoms with Crippen molar-refractivity contribution < 1.29 is 4.42 Å². The number of aryl methyl sites for hydroxylation is 3. The molecule has 0 aliphatic rings. The van der Waals surface area contributed by atoms with Gasteiger partial charge in [0.1, 0.15) is 6.04 Å². The minimum absolute atomic E-state index is 0.374. The van der Waals surface area contributed by atoms with Crippen LogP contribution >= 0.6 is 0 Å². The van der Waals surface area contributed by atoms with Crippen LogP contribution in [0.2, 0.25) is 0 Å². The Labute approximate surface area is 130 Å². The maximum Gasteiger partial charge on any atom is 0.237 e. The maximum absolute atomic E-state index is 6.16. The first-order valence-corrected chi connectivity index (χ1v) is 7.41. The van der Waals surface area contributed by atoms with Crippen molar-refractivity contribution in [3.63, 3.8) is 0 Å².